The van der Waals surface area contributed by atoms with Crippen molar-refractivity contribution >= 4 is 10.9 Å². The zero-order valence-electron chi connectivity index (χ0n) is 10.9. The monoisotopic (exact) mass is 242 g/mol. The Morgan fingerprint density at radius 3 is 2.78 bits per heavy atom. The summed E-state index contributed by atoms with van der Waals surface area (Å²) in [5, 5.41) is 1.38. The van der Waals surface area contributed by atoms with Crippen LogP contribution in [0.5, 0.6) is 0 Å². The van der Waals surface area contributed by atoms with E-state index in [9.17, 15) is 0 Å². The molecular weight excluding hydrogens is 220 g/mol. The molecule has 0 bridgehead atoms. The minimum atomic E-state index is 0.783. The standard InChI is InChI=1S/C16H22N2/c17-10-4-8-15-11-14-7-1-2-9-16(14)18(15)12-13-5-3-6-13/h1-2,7,9,11,13H,3-6,8,10,12,17H2. The maximum absolute atomic E-state index is 5.65. The van der Waals surface area contributed by atoms with Crippen LogP contribution < -0.4 is 5.73 Å². The van der Waals surface area contributed by atoms with Gasteiger partial charge in [0.05, 0.1) is 0 Å². The van der Waals surface area contributed by atoms with Crippen LogP contribution >= 0.6 is 0 Å². The van der Waals surface area contributed by atoms with Gasteiger partial charge in [-0.25, -0.2) is 0 Å². The van der Waals surface area contributed by atoms with Crippen molar-refractivity contribution in [3.63, 3.8) is 0 Å². The van der Waals surface area contributed by atoms with E-state index in [4.69, 9.17) is 5.73 Å². The molecule has 1 aromatic heterocycles. The first-order valence-corrected chi connectivity index (χ1v) is 7.15. The topological polar surface area (TPSA) is 30.9 Å². The van der Waals surface area contributed by atoms with E-state index < -0.39 is 0 Å². The first-order chi connectivity index (χ1) is 8.88. The fourth-order valence-corrected chi connectivity index (χ4v) is 2.91. The second kappa shape index (κ2) is 5.15. The molecule has 0 atom stereocenters. The molecule has 18 heavy (non-hydrogen) atoms. The number of fused-ring (bicyclic) bond motifs is 1. The largest absolute Gasteiger partial charge is 0.344 e. The zero-order chi connectivity index (χ0) is 12.4. The van der Waals surface area contributed by atoms with Gasteiger partial charge in [-0.1, -0.05) is 24.6 Å². The predicted molar refractivity (Wildman–Crippen MR) is 76.7 cm³/mol. The zero-order valence-corrected chi connectivity index (χ0v) is 10.9. The Kier molecular flexibility index (Phi) is 3.37. The Bertz CT molecular complexity index is 523. The van der Waals surface area contributed by atoms with E-state index >= 15 is 0 Å². The number of aromatic nitrogens is 1. The summed E-state index contributed by atoms with van der Waals surface area (Å²) in [6, 6.07) is 11.1. The van der Waals surface area contributed by atoms with E-state index in [0.717, 1.165) is 25.3 Å². The van der Waals surface area contributed by atoms with Gasteiger partial charge in [0, 0.05) is 17.8 Å². The quantitative estimate of drug-likeness (QED) is 0.856. The van der Waals surface area contributed by atoms with Crippen LogP contribution in [0.3, 0.4) is 0 Å². The SMILES string of the molecule is NCCCc1cc2ccccc2n1CC1CCC1. The van der Waals surface area contributed by atoms with Gasteiger partial charge in [0.2, 0.25) is 0 Å². The average molecular weight is 242 g/mol. The number of benzene rings is 1. The first kappa shape index (κ1) is 11.8. The van der Waals surface area contributed by atoms with Crippen molar-refractivity contribution in [2.24, 2.45) is 11.7 Å². The van der Waals surface area contributed by atoms with Gasteiger partial charge in [0.15, 0.2) is 0 Å². The van der Waals surface area contributed by atoms with Crippen molar-refractivity contribution in [3.05, 3.63) is 36.0 Å². The van der Waals surface area contributed by atoms with Crippen LogP contribution in [0.4, 0.5) is 0 Å². The van der Waals surface area contributed by atoms with E-state index in [-0.39, 0.29) is 0 Å². The molecule has 1 aliphatic rings. The summed E-state index contributed by atoms with van der Waals surface area (Å²) in [5.74, 6) is 0.900. The Balaban J connectivity index is 1.94. The van der Waals surface area contributed by atoms with Crippen LogP contribution in [0.1, 0.15) is 31.4 Å². The third kappa shape index (κ3) is 2.17. The minimum absolute atomic E-state index is 0.783. The molecule has 1 saturated carbocycles. The van der Waals surface area contributed by atoms with Crippen molar-refractivity contribution in [1.29, 1.82) is 0 Å². The molecule has 0 aliphatic heterocycles. The highest BCUT2D eigenvalue weighted by Gasteiger charge is 2.19. The molecule has 1 aliphatic carbocycles. The van der Waals surface area contributed by atoms with Gasteiger partial charge in [-0.15, -0.1) is 0 Å². The molecule has 0 spiro atoms. The van der Waals surface area contributed by atoms with Crippen molar-refractivity contribution in [2.45, 2.75) is 38.6 Å². The summed E-state index contributed by atoms with van der Waals surface area (Å²) >= 11 is 0. The maximum Gasteiger partial charge on any atom is 0.0482 e. The van der Waals surface area contributed by atoms with Crippen LogP contribution in [0.2, 0.25) is 0 Å². The highest BCUT2D eigenvalue weighted by Crippen LogP contribution is 2.31. The van der Waals surface area contributed by atoms with Crippen LogP contribution in [0.15, 0.2) is 30.3 Å². The third-order valence-electron chi connectivity index (χ3n) is 4.20. The number of hydrogen-bond donors (Lipinski definition) is 1. The maximum atomic E-state index is 5.65. The van der Waals surface area contributed by atoms with E-state index in [1.165, 1.54) is 42.4 Å². The lowest BCUT2D eigenvalue weighted by atomic mass is 9.85. The van der Waals surface area contributed by atoms with Crippen LogP contribution in [-0.2, 0) is 13.0 Å². The second-order valence-electron chi connectivity index (χ2n) is 5.49. The number of rotatable bonds is 5. The van der Waals surface area contributed by atoms with Gasteiger partial charge in [0.25, 0.3) is 0 Å². The molecule has 3 rings (SSSR count). The van der Waals surface area contributed by atoms with Gasteiger partial charge in [-0.05, 0) is 55.7 Å². The van der Waals surface area contributed by atoms with Crippen molar-refractivity contribution in [1.82, 2.24) is 4.57 Å². The molecule has 2 N–H and O–H groups in total. The Morgan fingerprint density at radius 2 is 2.06 bits per heavy atom. The fraction of sp³-hybridized carbons (Fsp3) is 0.500. The number of hydrogen-bond acceptors (Lipinski definition) is 1. The molecular formula is C16H22N2. The van der Waals surface area contributed by atoms with Crippen LogP contribution in [-0.4, -0.2) is 11.1 Å². The number of para-hydroxylation sites is 1. The summed E-state index contributed by atoms with van der Waals surface area (Å²) in [4.78, 5) is 0. The average Bonchev–Trinajstić information content (AvgIpc) is 2.69. The number of nitrogens with two attached hydrogens (primary N) is 1. The first-order valence-electron chi connectivity index (χ1n) is 7.15. The molecule has 2 nitrogen and oxygen atoms in total. The van der Waals surface area contributed by atoms with Crippen LogP contribution in [0, 0.1) is 5.92 Å². The van der Waals surface area contributed by atoms with Gasteiger partial charge >= 0.3 is 0 Å². The summed E-state index contributed by atoms with van der Waals surface area (Å²) in [6.45, 7) is 1.98. The molecule has 0 amide bonds. The van der Waals surface area contributed by atoms with Gasteiger partial charge in [-0.3, -0.25) is 0 Å². The number of nitrogens with zero attached hydrogens (tertiary/aromatic N) is 1. The highest BCUT2D eigenvalue weighted by molar-refractivity contribution is 5.81. The molecule has 1 aromatic carbocycles. The summed E-state index contributed by atoms with van der Waals surface area (Å²) in [6.07, 6.45) is 6.42. The lowest BCUT2D eigenvalue weighted by Crippen LogP contribution is -2.19. The Labute approximate surface area is 109 Å². The van der Waals surface area contributed by atoms with E-state index in [1.54, 1.807) is 0 Å². The molecule has 2 aromatic rings. The van der Waals surface area contributed by atoms with Crippen LogP contribution in [0.25, 0.3) is 10.9 Å². The fourth-order valence-electron chi connectivity index (χ4n) is 2.91. The molecule has 1 heterocycles. The normalized spacial score (nSPS) is 16.1. The van der Waals surface area contributed by atoms with Crippen molar-refractivity contribution in [3.8, 4) is 0 Å². The number of aryl methyl sites for hydroxylation is 1. The van der Waals surface area contributed by atoms with Gasteiger partial charge in [-0.2, -0.15) is 0 Å². The van der Waals surface area contributed by atoms with Gasteiger partial charge < -0.3 is 10.3 Å². The predicted octanol–water partition coefficient (Wildman–Crippen LogP) is 3.33. The van der Waals surface area contributed by atoms with E-state index in [1.807, 2.05) is 0 Å². The summed E-state index contributed by atoms with van der Waals surface area (Å²) in [5.41, 5.74) is 8.52. The van der Waals surface area contributed by atoms with E-state index in [2.05, 4.69) is 34.9 Å². The molecule has 96 valence electrons. The highest BCUT2D eigenvalue weighted by atomic mass is 15.0. The summed E-state index contributed by atoms with van der Waals surface area (Å²) in [7, 11) is 0. The van der Waals surface area contributed by atoms with Crippen molar-refractivity contribution in [2.75, 3.05) is 6.54 Å². The Morgan fingerprint density at radius 1 is 1.22 bits per heavy atom. The lowest BCUT2D eigenvalue weighted by Gasteiger charge is -2.27. The smallest absolute Gasteiger partial charge is 0.0482 e. The molecule has 1 fully saturated rings. The van der Waals surface area contributed by atoms with E-state index in [0.29, 0.717) is 0 Å². The molecule has 0 unspecified atom stereocenters. The van der Waals surface area contributed by atoms with Gasteiger partial charge in [0.1, 0.15) is 0 Å². The third-order valence-corrected chi connectivity index (χ3v) is 4.20. The molecule has 0 saturated heterocycles. The lowest BCUT2D eigenvalue weighted by molar-refractivity contribution is 0.277. The molecule has 0 radical (unpaired) electrons. The Hall–Kier alpha value is -1.28. The van der Waals surface area contributed by atoms with Crippen molar-refractivity contribution < 1.29 is 0 Å². The second-order valence-corrected chi connectivity index (χ2v) is 5.49. The molecule has 2 heteroatoms. The summed E-state index contributed by atoms with van der Waals surface area (Å²) < 4.78 is 2.54. The minimum Gasteiger partial charge on any atom is -0.344 e.